The summed E-state index contributed by atoms with van der Waals surface area (Å²) in [5, 5.41) is 14.9. The molecule has 7 heteroatoms. The van der Waals surface area contributed by atoms with Gasteiger partial charge in [0.05, 0.1) is 11.3 Å². The molecule has 0 saturated carbocycles. The predicted molar refractivity (Wildman–Crippen MR) is 98.9 cm³/mol. The van der Waals surface area contributed by atoms with Crippen LogP contribution in [0.5, 0.6) is 0 Å². The number of carbonyl (C=O) groups is 1. The highest BCUT2D eigenvalue weighted by Gasteiger charge is 2.10. The average Bonchev–Trinajstić information content (AvgIpc) is 2.70. The molecule has 0 atom stereocenters. The second-order valence-electron chi connectivity index (χ2n) is 5.67. The highest BCUT2D eigenvalue weighted by atomic mass is 19.1. The van der Waals surface area contributed by atoms with Crippen LogP contribution in [0.2, 0.25) is 0 Å². The number of carbonyl (C=O) groups excluding carboxylic acids is 1. The number of hydrogen-bond acceptors (Lipinski definition) is 5. The third-order valence-corrected chi connectivity index (χ3v) is 3.85. The van der Waals surface area contributed by atoms with Gasteiger partial charge in [0.1, 0.15) is 29.7 Å². The molecule has 2 N–H and O–H groups in total. The first-order chi connectivity index (χ1) is 13.2. The van der Waals surface area contributed by atoms with Crippen LogP contribution in [-0.4, -0.2) is 22.4 Å². The van der Waals surface area contributed by atoms with E-state index in [1.165, 1.54) is 18.5 Å². The van der Waals surface area contributed by atoms with E-state index < -0.39 is 0 Å². The van der Waals surface area contributed by atoms with Crippen molar-refractivity contribution in [3.05, 3.63) is 83.6 Å². The van der Waals surface area contributed by atoms with Crippen molar-refractivity contribution in [2.75, 3.05) is 11.9 Å². The molecular formula is C20H16FN5O. The number of aromatic nitrogens is 2. The van der Waals surface area contributed by atoms with Gasteiger partial charge >= 0.3 is 0 Å². The molecular weight excluding hydrogens is 345 g/mol. The van der Waals surface area contributed by atoms with E-state index in [2.05, 4.69) is 26.7 Å². The Balaban J connectivity index is 1.63. The van der Waals surface area contributed by atoms with Crippen LogP contribution in [0.1, 0.15) is 21.6 Å². The molecule has 3 aromatic rings. The van der Waals surface area contributed by atoms with Gasteiger partial charge in [-0.2, -0.15) is 5.26 Å². The van der Waals surface area contributed by atoms with Crippen LogP contribution >= 0.6 is 0 Å². The van der Waals surface area contributed by atoms with Gasteiger partial charge in [0.15, 0.2) is 0 Å². The third kappa shape index (κ3) is 4.64. The molecule has 0 bridgehead atoms. The van der Waals surface area contributed by atoms with Crippen LogP contribution in [0, 0.1) is 17.1 Å². The highest BCUT2D eigenvalue weighted by molar-refractivity contribution is 5.93. The van der Waals surface area contributed by atoms with Gasteiger partial charge in [0, 0.05) is 12.6 Å². The van der Waals surface area contributed by atoms with E-state index in [1.54, 1.807) is 42.5 Å². The van der Waals surface area contributed by atoms with Gasteiger partial charge in [-0.3, -0.25) is 4.79 Å². The summed E-state index contributed by atoms with van der Waals surface area (Å²) < 4.78 is 13.6. The molecule has 1 amide bonds. The van der Waals surface area contributed by atoms with E-state index in [0.29, 0.717) is 29.1 Å². The van der Waals surface area contributed by atoms with Crippen molar-refractivity contribution in [3.63, 3.8) is 0 Å². The Bertz CT molecular complexity index is 999. The van der Waals surface area contributed by atoms with Crippen molar-refractivity contribution in [1.82, 2.24) is 15.3 Å². The first kappa shape index (κ1) is 18.0. The Kier molecular flexibility index (Phi) is 5.70. The Morgan fingerprint density at radius 3 is 2.70 bits per heavy atom. The molecule has 27 heavy (non-hydrogen) atoms. The summed E-state index contributed by atoms with van der Waals surface area (Å²) in [6, 6.07) is 17.0. The van der Waals surface area contributed by atoms with E-state index in [9.17, 15) is 9.18 Å². The number of nitriles is 1. The fourth-order valence-electron chi connectivity index (χ4n) is 2.48. The van der Waals surface area contributed by atoms with Gasteiger partial charge in [0.25, 0.3) is 5.91 Å². The van der Waals surface area contributed by atoms with Crippen molar-refractivity contribution in [2.45, 2.75) is 6.42 Å². The zero-order valence-electron chi connectivity index (χ0n) is 14.3. The third-order valence-electron chi connectivity index (χ3n) is 3.85. The number of anilines is 2. The maximum absolute atomic E-state index is 13.6. The minimum Gasteiger partial charge on any atom is -0.350 e. The first-order valence-corrected chi connectivity index (χ1v) is 8.27. The summed E-state index contributed by atoms with van der Waals surface area (Å²) in [7, 11) is 0. The molecule has 134 valence electrons. The van der Waals surface area contributed by atoms with E-state index >= 15 is 0 Å². The predicted octanol–water partition coefficient (Wildman–Crippen LogP) is 3.20. The minimum atomic E-state index is -0.384. The van der Waals surface area contributed by atoms with Crippen molar-refractivity contribution in [3.8, 4) is 6.07 Å². The summed E-state index contributed by atoms with van der Waals surface area (Å²) in [4.78, 5) is 20.3. The van der Waals surface area contributed by atoms with Crippen LogP contribution in [0.25, 0.3) is 0 Å². The molecule has 0 aliphatic rings. The van der Waals surface area contributed by atoms with E-state index in [0.717, 1.165) is 0 Å². The Morgan fingerprint density at radius 1 is 1.11 bits per heavy atom. The Hall–Kier alpha value is -3.79. The summed E-state index contributed by atoms with van der Waals surface area (Å²) in [6.07, 6.45) is 1.65. The molecule has 0 radical (unpaired) electrons. The van der Waals surface area contributed by atoms with Gasteiger partial charge in [-0.05, 0) is 30.2 Å². The van der Waals surface area contributed by atoms with Crippen LogP contribution in [-0.2, 0) is 6.42 Å². The number of nitrogens with zero attached hydrogens (tertiary/aromatic N) is 3. The molecule has 6 nitrogen and oxygen atoms in total. The van der Waals surface area contributed by atoms with Crippen molar-refractivity contribution in [1.29, 1.82) is 5.26 Å². The molecule has 1 aromatic heterocycles. The minimum absolute atomic E-state index is 0.176. The average molecular weight is 361 g/mol. The highest BCUT2D eigenvalue weighted by Crippen LogP contribution is 2.18. The monoisotopic (exact) mass is 361 g/mol. The number of halogens is 1. The van der Waals surface area contributed by atoms with Gasteiger partial charge < -0.3 is 10.6 Å². The zero-order chi connectivity index (χ0) is 19.1. The SMILES string of the molecule is N#Cc1ccccc1Nc1cc(C(=O)NCCc2ccccc2F)ncn1. The number of nitrogens with one attached hydrogen (secondary N) is 2. The fraction of sp³-hybridized carbons (Fsp3) is 0.100. The molecule has 1 heterocycles. The van der Waals surface area contributed by atoms with Crippen molar-refractivity contribution >= 4 is 17.4 Å². The van der Waals surface area contributed by atoms with Gasteiger partial charge in [0.2, 0.25) is 0 Å². The van der Waals surface area contributed by atoms with Gasteiger partial charge in [-0.1, -0.05) is 30.3 Å². The summed E-state index contributed by atoms with van der Waals surface area (Å²) in [5.74, 6) is -0.284. The van der Waals surface area contributed by atoms with Gasteiger partial charge in [-0.15, -0.1) is 0 Å². The van der Waals surface area contributed by atoms with E-state index in [1.807, 2.05) is 0 Å². The molecule has 0 fully saturated rings. The second-order valence-corrected chi connectivity index (χ2v) is 5.67. The molecule has 0 aliphatic carbocycles. The van der Waals surface area contributed by atoms with Crippen molar-refractivity contribution in [2.24, 2.45) is 0 Å². The lowest BCUT2D eigenvalue weighted by molar-refractivity contribution is 0.0949. The maximum atomic E-state index is 13.6. The lowest BCUT2D eigenvalue weighted by Crippen LogP contribution is -2.26. The molecule has 2 aromatic carbocycles. The number of amides is 1. The first-order valence-electron chi connectivity index (χ1n) is 8.27. The van der Waals surface area contributed by atoms with Crippen LogP contribution in [0.15, 0.2) is 60.9 Å². The number of benzene rings is 2. The summed E-state index contributed by atoms with van der Waals surface area (Å²) in [5.41, 5.74) is 1.77. The largest absolute Gasteiger partial charge is 0.350 e. The normalized spacial score (nSPS) is 10.1. The van der Waals surface area contributed by atoms with Crippen molar-refractivity contribution < 1.29 is 9.18 Å². The molecule has 0 spiro atoms. The maximum Gasteiger partial charge on any atom is 0.270 e. The summed E-state index contributed by atoms with van der Waals surface area (Å²) >= 11 is 0. The molecule has 3 rings (SSSR count). The number of para-hydroxylation sites is 1. The topological polar surface area (TPSA) is 90.7 Å². The van der Waals surface area contributed by atoms with Crippen LogP contribution in [0.4, 0.5) is 15.9 Å². The smallest absolute Gasteiger partial charge is 0.270 e. The standard InChI is InChI=1S/C20H16FN5O/c21-16-7-3-1-5-14(16)9-10-23-20(27)18-11-19(25-13-24-18)26-17-8-4-2-6-15(17)12-22/h1-8,11,13H,9-10H2,(H,23,27)(H,24,25,26). The van der Waals surface area contributed by atoms with Crippen LogP contribution in [0.3, 0.4) is 0 Å². The van der Waals surface area contributed by atoms with Gasteiger partial charge in [-0.25, -0.2) is 14.4 Å². The fourth-order valence-corrected chi connectivity index (χ4v) is 2.48. The number of rotatable bonds is 6. The Morgan fingerprint density at radius 2 is 1.89 bits per heavy atom. The quantitative estimate of drug-likeness (QED) is 0.704. The molecule has 0 unspecified atom stereocenters. The lowest BCUT2D eigenvalue weighted by atomic mass is 10.1. The summed E-state index contributed by atoms with van der Waals surface area (Å²) in [6.45, 7) is 0.282. The lowest BCUT2D eigenvalue weighted by Gasteiger charge is -2.09. The second kappa shape index (κ2) is 8.54. The zero-order valence-corrected chi connectivity index (χ0v) is 14.3. The number of hydrogen-bond donors (Lipinski definition) is 2. The van der Waals surface area contributed by atoms with E-state index in [4.69, 9.17) is 5.26 Å². The molecule has 0 aliphatic heterocycles. The van der Waals surface area contributed by atoms with Crippen LogP contribution < -0.4 is 10.6 Å². The Labute approximate surface area is 155 Å². The van der Waals surface area contributed by atoms with E-state index in [-0.39, 0.29) is 24.0 Å². The molecule has 0 saturated heterocycles.